The Hall–Kier alpha value is -1.62. The highest BCUT2D eigenvalue weighted by molar-refractivity contribution is 6.36. The van der Waals surface area contributed by atoms with Gasteiger partial charge in [-0.1, -0.05) is 34.8 Å². The van der Waals surface area contributed by atoms with Crippen molar-refractivity contribution in [2.45, 2.75) is 6.92 Å². The fourth-order valence-corrected chi connectivity index (χ4v) is 2.51. The van der Waals surface area contributed by atoms with Crippen molar-refractivity contribution in [3.05, 3.63) is 57.3 Å². The zero-order valence-corrected chi connectivity index (χ0v) is 13.2. The number of aryl methyl sites for hydroxylation is 1. The van der Waals surface area contributed by atoms with Gasteiger partial charge in [0.1, 0.15) is 11.3 Å². The van der Waals surface area contributed by atoms with E-state index in [2.05, 4.69) is 15.2 Å². The van der Waals surface area contributed by atoms with Crippen molar-refractivity contribution in [1.29, 1.82) is 0 Å². The molecule has 7 heteroatoms. The molecule has 0 amide bonds. The number of fused-ring (bicyclic) bond motifs is 1. The van der Waals surface area contributed by atoms with Gasteiger partial charge in [-0.05, 0) is 37.3 Å². The van der Waals surface area contributed by atoms with Crippen LogP contribution < -0.4 is 0 Å². The van der Waals surface area contributed by atoms with Gasteiger partial charge in [-0.3, -0.25) is 4.40 Å². The highest BCUT2D eigenvalue weighted by Crippen LogP contribution is 2.30. The van der Waals surface area contributed by atoms with E-state index in [9.17, 15) is 0 Å². The van der Waals surface area contributed by atoms with Crippen molar-refractivity contribution in [3.63, 3.8) is 0 Å². The number of rotatable bonds is 2. The fourth-order valence-electron chi connectivity index (χ4n) is 1.91. The number of nitrogens with zero attached hydrogens (tertiary/aromatic N) is 4. The first kappa shape index (κ1) is 14.3. The molecule has 0 radical (unpaired) electrons. The van der Waals surface area contributed by atoms with E-state index in [4.69, 9.17) is 34.8 Å². The first-order valence-electron chi connectivity index (χ1n) is 6.05. The first-order valence-corrected chi connectivity index (χ1v) is 7.19. The number of pyridine rings is 1. The second-order valence-electron chi connectivity index (χ2n) is 4.39. The molecule has 21 heavy (non-hydrogen) atoms. The normalized spacial score (nSPS) is 11.6. The van der Waals surface area contributed by atoms with Gasteiger partial charge in [-0.25, -0.2) is 4.98 Å². The molecule has 0 bridgehead atoms. The Balaban J connectivity index is 2.06. The molecule has 0 saturated heterocycles. The smallest absolute Gasteiger partial charge is 0.182 e. The molecule has 3 rings (SSSR count). The molecule has 0 saturated carbocycles. The predicted octanol–water partition coefficient (Wildman–Crippen LogP) is 6.02. The Kier molecular flexibility index (Phi) is 3.85. The van der Waals surface area contributed by atoms with Gasteiger partial charge in [0, 0.05) is 11.2 Å². The second kappa shape index (κ2) is 5.64. The second-order valence-corrected chi connectivity index (χ2v) is 5.67. The van der Waals surface area contributed by atoms with E-state index in [1.165, 1.54) is 0 Å². The van der Waals surface area contributed by atoms with Crippen molar-refractivity contribution >= 4 is 52.0 Å². The lowest BCUT2D eigenvalue weighted by Crippen LogP contribution is -1.82. The van der Waals surface area contributed by atoms with Crippen LogP contribution in [0, 0.1) is 6.92 Å². The minimum absolute atomic E-state index is 0.441. The molecule has 3 aromatic rings. The van der Waals surface area contributed by atoms with Gasteiger partial charge in [-0.15, -0.1) is 10.2 Å². The quantitative estimate of drug-likeness (QED) is 0.526. The summed E-state index contributed by atoms with van der Waals surface area (Å²) < 4.78 is 1.78. The van der Waals surface area contributed by atoms with Crippen LogP contribution in [-0.2, 0) is 0 Å². The maximum atomic E-state index is 6.07. The summed E-state index contributed by atoms with van der Waals surface area (Å²) in [6.45, 7) is 1.86. The lowest BCUT2D eigenvalue weighted by molar-refractivity contribution is 1.09. The SMILES string of the molecule is Cc1nc2ccc(Cl)cn2c1N=Nc1ccc(Cl)cc1Cl. The van der Waals surface area contributed by atoms with Crippen molar-refractivity contribution < 1.29 is 0 Å². The maximum Gasteiger partial charge on any atom is 0.182 e. The summed E-state index contributed by atoms with van der Waals surface area (Å²) in [5.74, 6) is 0.610. The molecule has 4 nitrogen and oxygen atoms in total. The van der Waals surface area contributed by atoms with Crippen molar-refractivity contribution in [1.82, 2.24) is 9.38 Å². The van der Waals surface area contributed by atoms with Gasteiger partial charge in [-0.2, -0.15) is 0 Å². The number of hydrogen-bond acceptors (Lipinski definition) is 3. The molecule has 2 aromatic heterocycles. The molecule has 0 N–H and O–H groups in total. The molecule has 0 spiro atoms. The topological polar surface area (TPSA) is 42.0 Å². The lowest BCUT2D eigenvalue weighted by atomic mass is 10.3. The third-order valence-electron chi connectivity index (χ3n) is 2.89. The zero-order chi connectivity index (χ0) is 15.0. The highest BCUT2D eigenvalue weighted by atomic mass is 35.5. The number of halogens is 3. The number of benzene rings is 1. The summed E-state index contributed by atoms with van der Waals surface area (Å²) in [5, 5.41) is 9.99. The van der Waals surface area contributed by atoms with Crippen LogP contribution in [-0.4, -0.2) is 9.38 Å². The standard InChI is InChI=1S/C14H9Cl3N4/c1-8-14(21-7-10(16)3-5-13(21)18-8)20-19-12-4-2-9(15)6-11(12)17/h2-7H,1H3. The van der Waals surface area contributed by atoms with Crippen LogP contribution in [0.2, 0.25) is 15.1 Å². The van der Waals surface area contributed by atoms with Crippen molar-refractivity contribution in [3.8, 4) is 0 Å². The highest BCUT2D eigenvalue weighted by Gasteiger charge is 2.08. The van der Waals surface area contributed by atoms with Gasteiger partial charge < -0.3 is 0 Å². The molecule has 0 aliphatic heterocycles. The molecule has 0 fully saturated rings. The van der Waals surface area contributed by atoms with Crippen LogP contribution in [0.25, 0.3) is 5.65 Å². The van der Waals surface area contributed by atoms with E-state index in [1.54, 1.807) is 34.9 Å². The predicted molar refractivity (Wildman–Crippen MR) is 85.6 cm³/mol. The number of aromatic nitrogens is 2. The molecule has 1 aromatic carbocycles. The molecule has 0 unspecified atom stereocenters. The minimum atomic E-state index is 0.441. The van der Waals surface area contributed by atoms with Crippen LogP contribution >= 0.6 is 34.8 Å². The molecule has 0 aliphatic carbocycles. The van der Waals surface area contributed by atoms with Crippen LogP contribution in [0.4, 0.5) is 11.5 Å². The Morgan fingerprint density at radius 1 is 1.00 bits per heavy atom. The number of hydrogen-bond donors (Lipinski definition) is 0. The molecule has 2 heterocycles. The molecule has 106 valence electrons. The summed E-state index contributed by atoms with van der Waals surface area (Å²) in [7, 11) is 0. The maximum absolute atomic E-state index is 6.07. The number of imidazole rings is 1. The Labute approximate surface area is 136 Å². The van der Waals surface area contributed by atoms with E-state index in [0.29, 0.717) is 26.6 Å². The van der Waals surface area contributed by atoms with Gasteiger partial charge in [0.05, 0.1) is 15.7 Å². The summed E-state index contributed by atoms with van der Waals surface area (Å²) in [6, 6.07) is 8.64. The summed E-state index contributed by atoms with van der Waals surface area (Å²) in [4.78, 5) is 4.40. The fraction of sp³-hybridized carbons (Fsp3) is 0.0714. The monoisotopic (exact) mass is 338 g/mol. The molecule has 0 aliphatic rings. The molecule has 0 atom stereocenters. The van der Waals surface area contributed by atoms with Gasteiger partial charge in [0.15, 0.2) is 5.82 Å². The van der Waals surface area contributed by atoms with E-state index in [0.717, 1.165) is 11.3 Å². The van der Waals surface area contributed by atoms with E-state index in [-0.39, 0.29) is 0 Å². The van der Waals surface area contributed by atoms with Gasteiger partial charge in [0.2, 0.25) is 0 Å². The van der Waals surface area contributed by atoms with E-state index >= 15 is 0 Å². The minimum Gasteiger partial charge on any atom is -0.281 e. The van der Waals surface area contributed by atoms with Gasteiger partial charge in [0.25, 0.3) is 0 Å². The summed E-state index contributed by atoms with van der Waals surface area (Å²) in [5.41, 5.74) is 2.05. The van der Waals surface area contributed by atoms with Crippen molar-refractivity contribution in [2.75, 3.05) is 0 Å². The van der Waals surface area contributed by atoms with Crippen LogP contribution in [0.15, 0.2) is 46.8 Å². The Morgan fingerprint density at radius 3 is 2.52 bits per heavy atom. The van der Waals surface area contributed by atoms with Crippen LogP contribution in [0.5, 0.6) is 0 Å². The third kappa shape index (κ3) is 2.88. The zero-order valence-electron chi connectivity index (χ0n) is 10.9. The van der Waals surface area contributed by atoms with Gasteiger partial charge >= 0.3 is 0 Å². The average molecular weight is 340 g/mol. The Bertz CT molecular complexity index is 855. The molecular formula is C14H9Cl3N4. The van der Waals surface area contributed by atoms with Crippen LogP contribution in [0.3, 0.4) is 0 Å². The van der Waals surface area contributed by atoms with E-state index < -0.39 is 0 Å². The first-order chi connectivity index (χ1) is 10.0. The number of azo groups is 1. The van der Waals surface area contributed by atoms with E-state index in [1.807, 2.05) is 13.0 Å². The van der Waals surface area contributed by atoms with Crippen LogP contribution in [0.1, 0.15) is 5.69 Å². The molecular weight excluding hydrogens is 331 g/mol. The third-order valence-corrected chi connectivity index (χ3v) is 3.65. The summed E-state index contributed by atoms with van der Waals surface area (Å²) in [6.07, 6.45) is 1.74. The summed E-state index contributed by atoms with van der Waals surface area (Å²) >= 11 is 17.9. The largest absolute Gasteiger partial charge is 0.281 e. The van der Waals surface area contributed by atoms with Crippen molar-refractivity contribution in [2.24, 2.45) is 10.2 Å². The average Bonchev–Trinajstić information content (AvgIpc) is 2.73. The lowest BCUT2D eigenvalue weighted by Gasteiger charge is -1.99. The Morgan fingerprint density at radius 2 is 1.76 bits per heavy atom.